The summed E-state index contributed by atoms with van der Waals surface area (Å²) >= 11 is 0. The third-order valence-electron chi connectivity index (χ3n) is 5.41. The Labute approximate surface area is 154 Å². The lowest BCUT2D eigenvalue weighted by atomic mass is 10.1. The Hall–Kier alpha value is -2.55. The van der Waals surface area contributed by atoms with Gasteiger partial charge >= 0.3 is 5.69 Å². The van der Waals surface area contributed by atoms with Crippen molar-refractivity contribution in [1.29, 1.82) is 0 Å². The zero-order valence-electron chi connectivity index (χ0n) is 15.4. The van der Waals surface area contributed by atoms with Crippen molar-refractivity contribution in [2.75, 3.05) is 44.7 Å². The average molecular weight is 378 g/mol. The summed E-state index contributed by atoms with van der Waals surface area (Å²) in [4.78, 5) is 27.0. The van der Waals surface area contributed by atoms with Crippen LogP contribution in [0.5, 0.6) is 5.75 Å². The summed E-state index contributed by atoms with van der Waals surface area (Å²) in [6, 6.07) is 1.11. The highest BCUT2D eigenvalue weighted by molar-refractivity contribution is 5.91. The number of methoxy groups -OCH3 is 2. The second-order valence-corrected chi connectivity index (χ2v) is 7.25. The Kier molecular flexibility index (Phi) is 4.33. The van der Waals surface area contributed by atoms with Crippen molar-refractivity contribution in [2.24, 2.45) is 5.92 Å². The molecular formula is C18H23FN4O4. The van der Waals surface area contributed by atoms with Crippen molar-refractivity contribution in [3.05, 3.63) is 32.7 Å². The molecule has 0 radical (unpaired) electrons. The van der Waals surface area contributed by atoms with Gasteiger partial charge in [0.25, 0.3) is 5.56 Å². The maximum atomic E-state index is 15.1. The lowest BCUT2D eigenvalue weighted by molar-refractivity contribution is 0.161. The van der Waals surface area contributed by atoms with Crippen molar-refractivity contribution >= 4 is 16.6 Å². The quantitative estimate of drug-likeness (QED) is 0.775. The van der Waals surface area contributed by atoms with Crippen LogP contribution in [0, 0.1) is 11.7 Å². The summed E-state index contributed by atoms with van der Waals surface area (Å²) in [5.41, 5.74) is -0.728. The molecule has 0 amide bonds. The molecule has 1 saturated carbocycles. The number of aromatic nitrogens is 2. The minimum absolute atomic E-state index is 0.0507. The third-order valence-corrected chi connectivity index (χ3v) is 5.41. The smallest absolute Gasteiger partial charge is 0.350 e. The number of rotatable bonds is 5. The van der Waals surface area contributed by atoms with Crippen molar-refractivity contribution < 1.29 is 13.9 Å². The molecule has 1 aromatic carbocycles. The topological polar surface area (TPSA) is 91.7 Å². The zero-order chi connectivity index (χ0) is 19.3. The SMILES string of the molecule is COCC1CCN(c2c(F)cc3c(=O)n(N)c(=O)n(C4CC4)c3c2OC)C1. The van der Waals surface area contributed by atoms with Crippen LogP contribution in [0.2, 0.25) is 0 Å². The van der Waals surface area contributed by atoms with Gasteiger partial charge in [-0.3, -0.25) is 9.36 Å². The first kappa shape index (κ1) is 17.8. The summed E-state index contributed by atoms with van der Waals surface area (Å²) in [6.45, 7) is 1.86. The number of nitrogens with zero attached hydrogens (tertiary/aromatic N) is 3. The van der Waals surface area contributed by atoms with Crippen LogP contribution in [0.1, 0.15) is 25.3 Å². The number of hydrogen-bond acceptors (Lipinski definition) is 6. The molecule has 9 heteroatoms. The Bertz CT molecular complexity index is 1010. The van der Waals surface area contributed by atoms with E-state index in [4.69, 9.17) is 15.3 Å². The fourth-order valence-electron chi connectivity index (χ4n) is 4.00. The summed E-state index contributed by atoms with van der Waals surface area (Å²) in [5, 5.41) is 0.0507. The second kappa shape index (κ2) is 6.56. The molecule has 1 saturated heterocycles. The molecule has 1 aliphatic heterocycles. The van der Waals surface area contributed by atoms with E-state index in [2.05, 4.69) is 0 Å². The van der Waals surface area contributed by atoms with Gasteiger partial charge in [-0.05, 0) is 25.3 Å². The van der Waals surface area contributed by atoms with Crippen LogP contribution in [0.25, 0.3) is 10.9 Å². The molecule has 1 aromatic heterocycles. The van der Waals surface area contributed by atoms with E-state index in [1.807, 2.05) is 4.90 Å². The fraction of sp³-hybridized carbons (Fsp3) is 0.556. The molecule has 4 rings (SSSR count). The number of anilines is 1. The van der Waals surface area contributed by atoms with Crippen LogP contribution in [-0.4, -0.2) is 43.2 Å². The highest BCUT2D eigenvalue weighted by Crippen LogP contribution is 2.43. The second-order valence-electron chi connectivity index (χ2n) is 7.25. The van der Waals surface area contributed by atoms with Gasteiger partial charge in [0.1, 0.15) is 11.2 Å². The maximum Gasteiger partial charge on any atom is 0.350 e. The van der Waals surface area contributed by atoms with E-state index in [1.54, 1.807) is 7.11 Å². The number of hydrogen-bond donors (Lipinski definition) is 1. The fourth-order valence-corrected chi connectivity index (χ4v) is 4.00. The van der Waals surface area contributed by atoms with Crippen LogP contribution in [0.4, 0.5) is 10.1 Å². The lowest BCUT2D eigenvalue weighted by Crippen LogP contribution is -2.44. The van der Waals surface area contributed by atoms with Gasteiger partial charge in [0.05, 0.1) is 19.1 Å². The summed E-state index contributed by atoms with van der Waals surface area (Å²) < 4.78 is 27.9. The predicted octanol–water partition coefficient (Wildman–Crippen LogP) is 0.832. The first-order valence-electron chi connectivity index (χ1n) is 9.04. The van der Waals surface area contributed by atoms with Gasteiger partial charge in [0.15, 0.2) is 11.6 Å². The van der Waals surface area contributed by atoms with Crippen molar-refractivity contribution in [1.82, 2.24) is 9.24 Å². The van der Waals surface area contributed by atoms with E-state index >= 15 is 4.39 Å². The van der Waals surface area contributed by atoms with Crippen LogP contribution in [0.15, 0.2) is 15.7 Å². The molecule has 8 nitrogen and oxygen atoms in total. The number of nitrogens with two attached hydrogens (primary N) is 1. The van der Waals surface area contributed by atoms with E-state index in [-0.39, 0.29) is 28.8 Å². The van der Waals surface area contributed by atoms with E-state index in [0.717, 1.165) is 19.3 Å². The standard InChI is InChI=1S/C18H23FN4O4/c1-26-9-10-5-6-21(8-10)15-13(19)7-12-14(16(15)27-2)22(11-3-4-11)18(25)23(20)17(12)24/h7,10-11H,3-6,8-9,20H2,1-2H3. The third kappa shape index (κ3) is 2.77. The first-order valence-corrected chi connectivity index (χ1v) is 9.04. The van der Waals surface area contributed by atoms with Crippen LogP contribution in [-0.2, 0) is 4.74 Å². The highest BCUT2D eigenvalue weighted by Gasteiger charge is 2.34. The highest BCUT2D eigenvalue weighted by atomic mass is 19.1. The van der Waals surface area contributed by atoms with Gasteiger partial charge in [-0.15, -0.1) is 0 Å². The number of fused-ring (bicyclic) bond motifs is 1. The molecule has 0 spiro atoms. The average Bonchev–Trinajstić information content (AvgIpc) is 3.38. The Balaban J connectivity index is 1.98. The van der Waals surface area contributed by atoms with Gasteiger partial charge in [-0.2, -0.15) is 4.68 Å². The van der Waals surface area contributed by atoms with Crippen molar-refractivity contribution in [3.63, 3.8) is 0 Å². The number of ether oxygens (including phenoxy) is 2. The molecule has 2 fully saturated rings. The molecule has 0 bridgehead atoms. The number of nitrogen functional groups attached to an aromatic ring is 1. The predicted molar refractivity (Wildman–Crippen MR) is 99.6 cm³/mol. The van der Waals surface area contributed by atoms with Gasteiger partial charge < -0.3 is 20.2 Å². The molecule has 1 atom stereocenters. The monoisotopic (exact) mass is 378 g/mol. The summed E-state index contributed by atoms with van der Waals surface area (Å²) in [7, 11) is 3.07. The van der Waals surface area contributed by atoms with Gasteiger partial charge in [-0.25, -0.2) is 9.18 Å². The molecular weight excluding hydrogens is 355 g/mol. The number of halogens is 1. The zero-order valence-corrected chi connectivity index (χ0v) is 15.4. The lowest BCUT2D eigenvalue weighted by Gasteiger charge is -2.24. The summed E-state index contributed by atoms with van der Waals surface area (Å²) in [6.07, 6.45) is 2.49. The molecule has 2 N–H and O–H groups in total. The van der Waals surface area contributed by atoms with E-state index < -0.39 is 17.1 Å². The van der Waals surface area contributed by atoms with Crippen molar-refractivity contribution in [3.8, 4) is 5.75 Å². The van der Waals surface area contributed by atoms with E-state index in [9.17, 15) is 9.59 Å². The van der Waals surface area contributed by atoms with Gasteiger partial charge in [0, 0.05) is 32.2 Å². The largest absolute Gasteiger partial charge is 0.492 e. The molecule has 1 aliphatic carbocycles. The van der Waals surface area contributed by atoms with E-state index in [0.29, 0.717) is 29.9 Å². The number of benzene rings is 1. The molecule has 1 unspecified atom stereocenters. The van der Waals surface area contributed by atoms with Crippen molar-refractivity contribution in [2.45, 2.75) is 25.3 Å². The first-order chi connectivity index (χ1) is 13.0. The molecule has 2 aliphatic rings. The minimum atomic E-state index is -0.727. The van der Waals surface area contributed by atoms with Crippen LogP contribution < -0.4 is 26.7 Å². The van der Waals surface area contributed by atoms with E-state index in [1.165, 1.54) is 17.7 Å². The minimum Gasteiger partial charge on any atom is -0.492 e. The molecule has 146 valence electrons. The maximum absolute atomic E-state index is 15.1. The molecule has 2 aromatic rings. The van der Waals surface area contributed by atoms with Gasteiger partial charge in [-0.1, -0.05) is 0 Å². The Morgan fingerprint density at radius 1 is 1.26 bits per heavy atom. The Morgan fingerprint density at radius 2 is 2.00 bits per heavy atom. The van der Waals surface area contributed by atoms with Gasteiger partial charge in [0.2, 0.25) is 0 Å². The molecule has 27 heavy (non-hydrogen) atoms. The molecule has 2 heterocycles. The van der Waals surface area contributed by atoms with Crippen LogP contribution >= 0.6 is 0 Å². The Morgan fingerprint density at radius 3 is 2.63 bits per heavy atom. The summed E-state index contributed by atoms with van der Waals surface area (Å²) in [5.74, 6) is 5.59. The normalized spacial score (nSPS) is 19.8. The van der Waals surface area contributed by atoms with Crippen LogP contribution in [0.3, 0.4) is 0 Å².